The molecule has 0 aliphatic heterocycles. The van der Waals surface area contributed by atoms with E-state index in [-0.39, 0.29) is 5.69 Å². The number of aliphatic hydroxyl groups excluding tert-OH is 1. The molecule has 1 aromatic carbocycles. The van der Waals surface area contributed by atoms with Crippen LogP contribution in [0.1, 0.15) is 17.4 Å². The molecular formula is C13H13N3O3S. The molecule has 20 heavy (non-hydrogen) atoms. The van der Waals surface area contributed by atoms with Crippen molar-refractivity contribution in [1.29, 1.82) is 0 Å². The van der Waals surface area contributed by atoms with E-state index < -0.39 is 11.0 Å². The normalized spacial score (nSPS) is 12.1. The Morgan fingerprint density at radius 3 is 2.65 bits per heavy atom. The number of hydrogen-bond acceptors (Lipinski definition) is 6. The van der Waals surface area contributed by atoms with Gasteiger partial charge in [0, 0.05) is 29.8 Å². The maximum Gasteiger partial charge on any atom is 0.269 e. The SMILES string of the molecule is O=[N+]([O-])c1ccc(C(O)CSCc2ccncn2)cc1. The summed E-state index contributed by atoms with van der Waals surface area (Å²) in [7, 11) is 0. The van der Waals surface area contributed by atoms with E-state index in [4.69, 9.17) is 0 Å². The van der Waals surface area contributed by atoms with E-state index in [9.17, 15) is 15.2 Å². The van der Waals surface area contributed by atoms with Gasteiger partial charge in [0.15, 0.2) is 0 Å². The number of aliphatic hydroxyl groups is 1. The number of benzene rings is 1. The summed E-state index contributed by atoms with van der Waals surface area (Å²) in [6.45, 7) is 0. The Morgan fingerprint density at radius 2 is 2.05 bits per heavy atom. The second kappa shape index (κ2) is 6.97. The van der Waals surface area contributed by atoms with Crippen LogP contribution in [0.4, 0.5) is 5.69 Å². The average molecular weight is 291 g/mol. The van der Waals surface area contributed by atoms with Crippen LogP contribution >= 0.6 is 11.8 Å². The van der Waals surface area contributed by atoms with Crippen molar-refractivity contribution in [1.82, 2.24) is 9.97 Å². The Morgan fingerprint density at radius 1 is 1.30 bits per heavy atom. The third kappa shape index (κ3) is 4.01. The average Bonchev–Trinajstić information content (AvgIpc) is 2.48. The minimum atomic E-state index is -0.650. The Hall–Kier alpha value is -1.99. The first-order chi connectivity index (χ1) is 9.66. The number of nitro groups is 1. The van der Waals surface area contributed by atoms with Crippen molar-refractivity contribution in [2.75, 3.05) is 5.75 Å². The van der Waals surface area contributed by atoms with Gasteiger partial charge < -0.3 is 5.11 Å². The molecule has 1 aromatic heterocycles. The molecule has 1 atom stereocenters. The molecule has 6 nitrogen and oxygen atoms in total. The first-order valence-electron chi connectivity index (χ1n) is 5.92. The maximum atomic E-state index is 10.5. The number of nitro benzene ring substituents is 1. The summed E-state index contributed by atoms with van der Waals surface area (Å²) in [5.41, 5.74) is 1.60. The highest BCUT2D eigenvalue weighted by Gasteiger charge is 2.10. The largest absolute Gasteiger partial charge is 0.388 e. The third-order valence-electron chi connectivity index (χ3n) is 2.66. The summed E-state index contributed by atoms with van der Waals surface area (Å²) >= 11 is 1.55. The molecule has 1 heterocycles. The lowest BCUT2D eigenvalue weighted by molar-refractivity contribution is -0.384. The highest BCUT2D eigenvalue weighted by Crippen LogP contribution is 2.22. The van der Waals surface area contributed by atoms with E-state index in [2.05, 4.69) is 9.97 Å². The van der Waals surface area contributed by atoms with Gasteiger partial charge in [0.2, 0.25) is 0 Å². The van der Waals surface area contributed by atoms with Crippen LogP contribution in [0.15, 0.2) is 42.9 Å². The Kier molecular flexibility index (Phi) is 5.03. The first-order valence-corrected chi connectivity index (χ1v) is 7.07. The second-order valence-electron chi connectivity index (χ2n) is 4.08. The van der Waals surface area contributed by atoms with Crippen molar-refractivity contribution in [3.63, 3.8) is 0 Å². The zero-order valence-corrected chi connectivity index (χ0v) is 11.4. The lowest BCUT2D eigenvalue weighted by atomic mass is 10.1. The van der Waals surface area contributed by atoms with E-state index in [1.54, 1.807) is 30.1 Å². The van der Waals surface area contributed by atoms with Gasteiger partial charge in [-0.25, -0.2) is 9.97 Å². The molecule has 0 saturated carbocycles. The van der Waals surface area contributed by atoms with Crippen molar-refractivity contribution in [3.05, 3.63) is 64.2 Å². The highest BCUT2D eigenvalue weighted by molar-refractivity contribution is 7.98. The van der Waals surface area contributed by atoms with Crippen LogP contribution in [-0.4, -0.2) is 25.8 Å². The van der Waals surface area contributed by atoms with Gasteiger partial charge in [0.25, 0.3) is 5.69 Å². The van der Waals surface area contributed by atoms with Crippen molar-refractivity contribution >= 4 is 17.4 Å². The predicted molar refractivity (Wildman–Crippen MR) is 76.3 cm³/mol. The number of hydrogen-bond donors (Lipinski definition) is 1. The Bertz CT molecular complexity index is 563. The van der Waals surface area contributed by atoms with Gasteiger partial charge in [0.05, 0.1) is 16.7 Å². The van der Waals surface area contributed by atoms with Crippen molar-refractivity contribution in [2.45, 2.75) is 11.9 Å². The smallest absolute Gasteiger partial charge is 0.269 e. The summed E-state index contributed by atoms with van der Waals surface area (Å²) < 4.78 is 0. The van der Waals surface area contributed by atoms with Gasteiger partial charge in [-0.3, -0.25) is 10.1 Å². The van der Waals surface area contributed by atoms with Crippen molar-refractivity contribution in [2.24, 2.45) is 0 Å². The van der Waals surface area contributed by atoms with Crippen LogP contribution in [-0.2, 0) is 5.75 Å². The topological polar surface area (TPSA) is 89.2 Å². The van der Waals surface area contributed by atoms with E-state index in [0.717, 1.165) is 5.69 Å². The van der Waals surface area contributed by atoms with Gasteiger partial charge >= 0.3 is 0 Å². The Labute approximate surface area is 120 Å². The van der Waals surface area contributed by atoms with Gasteiger partial charge in [-0.15, -0.1) is 0 Å². The Balaban J connectivity index is 1.85. The molecule has 0 bridgehead atoms. The number of thioether (sulfide) groups is 1. The van der Waals surface area contributed by atoms with Crippen LogP contribution < -0.4 is 0 Å². The zero-order chi connectivity index (χ0) is 14.4. The molecular weight excluding hydrogens is 278 g/mol. The fourth-order valence-corrected chi connectivity index (χ4v) is 2.51. The third-order valence-corrected chi connectivity index (χ3v) is 3.71. The first kappa shape index (κ1) is 14.4. The summed E-state index contributed by atoms with van der Waals surface area (Å²) in [5.74, 6) is 1.19. The summed E-state index contributed by atoms with van der Waals surface area (Å²) in [5, 5.41) is 20.5. The summed E-state index contributed by atoms with van der Waals surface area (Å²) in [6.07, 6.45) is 2.51. The fourth-order valence-electron chi connectivity index (χ4n) is 1.59. The molecule has 1 unspecified atom stereocenters. The van der Waals surface area contributed by atoms with Crippen LogP contribution in [0.5, 0.6) is 0 Å². The summed E-state index contributed by atoms with van der Waals surface area (Å²) in [4.78, 5) is 18.0. The van der Waals surface area contributed by atoms with Crippen LogP contribution in [0.25, 0.3) is 0 Å². The fraction of sp³-hybridized carbons (Fsp3) is 0.231. The molecule has 0 spiro atoms. The lowest BCUT2D eigenvalue weighted by Crippen LogP contribution is -2.01. The summed E-state index contributed by atoms with van der Waals surface area (Å²) in [6, 6.07) is 7.77. The van der Waals surface area contributed by atoms with Crippen molar-refractivity contribution < 1.29 is 10.0 Å². The monoisotopic (exact) mass is 291 g/mol. The lowest BCUT2D eigenvalue weighted by Gasteiger charge is -2.10. The molecule has 104 valence electrons. The molecule has 0 fully saturated rings. The van der Waals surface area contributed by atoms with E-state index in [0.29, 0.717) is 17.1 Å². The van der Waals surface area contributed by atoms with Crippen molar-refractivity contribution in [3.8, 4) is 0 Å². The number of nitrogens with zero attached hydrogens (tertiary/aromatic N) is 3. The molecule has 2 rings (SSSR count). The van der Waals surface area contributed by atoms with Crippen LogP contribution in [0, 0.1) is 10.1 Å². The van der Waals surface area contributed by atoms with E-state index in [1.165, 1.54) is 18.5 Å². The zero-order valence-electron chi connectivity index (χ0n) is 10.5. The number of rotatable bonds is 6. The molecule has 0 aliphatic carbocycles. The number of non-ortho nitro benzene ring substituents is 1. The molecule has 0 aliphatic rings. The molecule has 0 amide bonds. The second-order valence-corrected chi connectivity index (χ2v) is 5.11. The van der Waals surface area contributed by atoms with E-state index >= 15 is 0 Å². The molecule has 0 saturated heterocycles. The van der Waals surface area contributed by atoms with Crippen LogP contribution in [0.3, 0.4) is 0 Å². The molecule has 2 aromatic rings. The minimum Gasteiger partial charge on any atom is -0.388 e. The molecule has 1 N–H and O–H groups in total. The van der Waals surface area contributed by atoms with Gasteiger partial charge in [-0.05, 0) is 23.8 Å². The molecule has 0 radical (unpaired) electrons. The predicted octanol–water partition coefficient (Wildman–Crippen LogP) is 2.35. The van der Waals surface area contributed by atoms with Gasteiger partial charge in [-0.1, -0.05) is 0 Å². The molecule has 7 heteroatoms. The van der Waals surface area contributed by atoms with E-state index in [1.807, 2.05) is 6.07 Å². The quantitative estimate of drug-likeness (QED) is 0.649. The van der Waals surface area contributed by atoms with Gasteiger partial charge in [0.1, 0.15) is 6.33 Å². The van der Waals surface area contributed by atoms with Gasteiger partial charge in [-0.2, -0.15) is 11.8 Å². The standard InChI is InChI=1S/C13H13N3O3S/c17-13(8-20-7-11-5-6-14-9-15-11)10-1-3-12(4-2-10)16(18)19/h1-6,9,13,17H,7-8H2. The number of aromatic nitrogens is 2. The maximum absolute atomic E-state index is 10.5. The van der Waals surface area contributed by atoms with Crippen LogP contribution in [0.2, 0.25) is 0 Å². The minimum absolute atomic E-state index is 0.0228. The highest BCUT2D eigenvalue weighted by atomic mass is 32.2.